The SMILES string of the molecule is Cc1cccc(Cl)c1-c1nc(=O)[nH]c2ccoc12. The molecule has 90 valence electrons. The molecule has 4 nitrogen and oxygen atoms in total. The fourth-order valence-corrected chi connectivity index (χ4v) is 2.30. The second-order valence-corrected chi connectivity index (χ2v) is 4.39. The summed E-state index contributed by atoms with van der Waals surface area (Å²) >= 11 is 6.19. The van der Waals surface area contributed by atoms with E-state index in [2.05, 4.69) is 9.97 Å². The first-order valence-electron chi connectivity index (χ1n) is 5.40. The van der Waals surface area contributed by atoms with Gasteiger partial charge >= 0.3 is 5.69 Å². The third-order valence-corrected chi connectivity index (χ3v) is 3.11. The number of rotatable bonds is 1. The molecule has 5 heteroatoms. The summed E-state index contributed by atoms with van der Waals surface area (Å²) in [5.74, 6) is 0. The molecule has 0 aliphatic carbocycles. The number of hydrogen-bond donors (Lipinski definition) is 1. The van der Waals surface area contributed by atoms with Crippen molar-refractivity contribution in [3.05, 3.63) is 51.6 Å². The lowest BCUT2D eigenvalue weighted by atomic mass is 10.0. The van der Waals surface area contributed by atoms with E-state index in [0.29, 0.717) is 21.8 Å². The zero-order valence-corrected chi connectivity index (χ0v) is 10.3. The quantitative estimate of drug-likeness (QED) is 0.731. The second kappa shape index (κ2) is 3.99. The number of fused-ring (bicyclic) bond motifs is 1. The van der Waals surface area contributed by atoms with Crippen LogP contribution in [-0.2, 0) is 0 Å². The summed E-state index contributed by atoms with van der Waals surface area (Å²) in [7, 11) is 0. The number of aromatic nitrogens is 2. The van der Waals surface area contributed by atoms with Gasteiger partial charge in [-0.15, -0.1) is 0 Å². The van der Waals surface area contributed by atoms with Gasteiger partial charge in [0.05, 0.1) is 16.8 Å². The van der Waals surface area contributed by atoms with Gasteiger partial charge in [0.15, 0.2) is 5.58 Å². The number of H-pyrrole nitrogens is 1. The Hall–Kier alpha value is -2.07. The molecule has 1 aromatic carbocycles. The molecule has 0 aliphatic heterocycles. The Balaban J connectivity index is 2.45. The summed E-state index contributed by atoms with van der Waals surface area (Å²) in [6, 6.07) is 7.22. The largest absolute Gasteiger partial charge is 0.460 e. The van der Waals surface area contributed by atoms with E-state index in [4.69, 9.17) is 16.0 Å². The van der Waals surface area contributed by atoms with E-state index in [1.54, 1.807) is 12.1 Å². The van der Waals surface area contributed by atoms with Crippen molar-refractivity contribution in [3.63, 3.8) is 0 Å². The zero-order chi connectivity index (χ0) is 12.7. The van der Waals surface area contributed by atoms with Crippen LogP contribution < -0.4 is 5.69 Å². The van der Waals surface area contributed by atoms with E-state index >= 15 is 0 Å². The molecule has 0 fully saturated rings. The van der Waals surface area contributed by atoms with Crippen LogP contribution in [0.15, 0.2) is 39.7 Å². The number of halogens is 1. The first-order valence-corrected chi connectivity index (χ1v) is 5.77. The van der Waals surface area contributed by atoms with Gasteiger partial charge < -0.3 is 9.40 Å². The second-order valence-electron chi connectivity index (χ2n) is 3.99. The minimum absolute atomic E-state index is 0.418. The van der Waals surface area contributed by atoms with E-state index in [1.807, 2.05) is 19.1 Å². The molecule has 0 unspecified atom stereocenters. The fraction of sp³-hybridized carbons (Fsp3) is 0.0769. The number of nitrogens with one attached hydrogen (secondary N) is 1. The maximum Gasteiger partial charge on any atom is 0.346 e. The molecule has 18 heavy (non-hydrogen) atoms. The first kappa shape index (κ1) is 11.0. The Kier molecular flexibility index (Phi) is 2.45. The molecule has 0 saturated heterocycles. The predicted octanol–water partition coefficient (Wildman–Crippen LogP) is 3.14. The van der Waals surface area contributed by atoms with Crippen LogP contribution >= 0.6 is 11.6 Å². The average Bonchev–Trinajstić information content (AvgIpc) is 2.76. The van der Waals surface area contributed by atoms with Crippen LogP contribution in [0.4, 0.5) is 0 Å². The van der Waals surface area contributed by atoms with Gasteiger partial charge in [0.2, 0.25) is 0 Å². The lowest BCUT2D eigenvalue weighted by molar-refractivity contribution is 0.614. The smallest absolute Gasteiger partial charge is 0.346 e. The van der Waals surface area contributed by atoms with Crippen molar-refractivity contribution in [1.29, 1.82) is 0 Å². The Morgan fingerprint density at radius 2 is 2.17 bits per heavy atom. The highest BCUT2D eigenvalue weighted by molar-refractivity contribution is 6.33. The van der Waals surface area contributed by atoms with Crippen molar-refractivity contribution >= 4 is 22.7 Å². The summed E-state index contributed by atoms with van der Waals surface area (Å²) < 4.78 is 5.38. The highest BCUT2D eigenvalue weighted by Crippen LogP contribution is 2.33. The Bertz CT molecular complexity index is 769. The van der Waals surface area contributed by atoms with Gasteiger partial charge in [-0.25, -0.2) is 4.79 Å². The fourth-order valence-electron chi connectivity index (χ4n) is 1.99. The summed E-state index contributed by atoms with van der Waals surface area (Å²) in [4.78, 5) is 18.1. The lowest BCUT2D eigenvalue weighted by Gasteiger charge is -2.07. The summed E-state index contributed by atoms with van der Waals surface area (Å²) in [5.41, 5.74) is 2.87. The van der Waals surface area contributed by atoms with Gasteiger partial charge in [0, 0.05) is 11.6 Å². The molecule has 2 heterocycles. The molecule has 2 aromatic heterocycles. The van der Waals surface area contributed by atoms with Gasteiger partial charge in [0.25, 0.3) is 0 Å². The van der Waals surface area contributed by atoms with Gasteiger partial charge in [-0.05, 0) is 18.6 Å². The van der Waals surface area contributed by atoms with Crippen LogP contribution in [0, 0.1) is 6.92 Å². The topological polar surface area (TPSA) is 58.9 Å². The molecular weight excluding hydrogens is 252 g/mol. The van der Waals surface area contributed by atoms with Crippen LogP contribution in [0.1, 0.15) is 5.56 Å². The Morgan fingerprint density at radius 1 is 1.33 bits per heavy atom. The van der Waals surface area contributed by atoms with Crippen molar-refractivity contribution < 1.29 is 4.42 Å². The molecule has 1 N–H and O–H groups in total. The highest BCUT2D eigenvalue weighted by atomic mass is 35.5. The van der Waals surface area contributed by atoms with Crippen LogP contribution in [-0.4, -0.2) is 9.97 Å². The predicted molar refractivity (Wildman–Crippen MR) is 69.8 cm³/mol. The molecule has 3 aromatic rings. The van der Waals surface area contributed by atoms with Crippen LogP contribution in [0.3, 0.4) is 0 Å². The van der Waals surface area contributed by atoms with E-state index in [0.717, 1.165) is 11.1 Å². The van der Waals surface area contributed by atoms with Gasteiger partial charge in [-0.3, -0.25) is 0 Å². The Morgan fingerprint density at radius 3 is 2.94 bits per heavy atom. The number of nitrogens with zero attached hydrogens (tertiary/aromatic N) is 1. The monoisotopic (exact) mass is 260 g/mol. The van der Waals surface area contributed by atoms with Crippen LogP contribution in [0.2, 0.25) is 5.02 Å². The lowest BCUT2D eigenvalue weighted by Crippen LogP contribution is -2.11. The molecule has 0 radical (unpaired) electrons. The highest BCUT2D eigenvalue weighted by Gasteiger charge is 2.15. The maximum atomic E-state index is 11.5. The third-order valence-electron chi connectivity index (χ3n) is 2.79. The molecule has 0 aliphatic rings. The molecule has 3 rings (SSSR count). The van der Waals surface area contributed by atoms with Gasteiger partial charge in [-0.2, -0.15) is 4.98 Å². The van der Waals surface area contributed by atoms with Crippen LogP contribution in [0.25, 0.3) is 22.4 Å². The molecule has 0 spiro atoms. The molecular formula is C13H9ClN2O2. The number of aryl methyl sites for hydroxylation is 1. The minimum Gasteiger partial charge on any atom is -0.460 e. The summed E-state index contributed by atoms with van der Waals surface area (Å²) in [6.45, 7) is 1.92. The van der Waals surface area contributed by atoms with Crippen molar-refractivity contribution in [1.82, 2.24) is 9.97 Å². The van der Waals surface area contributed by atoms with Crippen molar-refractivity contribution in [2.45, 2.75) is 6.92 Å². The van der Waals surface area contributed by atoms with Gasteiger partial charge in [0.1, 0.15) is 5.69 Å². The van der Waals surface area contributed by atoms with Crippen molar-refractivity contribution in [3.8, 4) is 11.3 Å². The van der Waals surface area contributed by atoms with Crippen molar-refractivity contribution in [2.24, 2.45) is 0 Å². The maximum absolute atomic E-state index is 11.5. The third kappa shape index (κ3) is 1.62. The van der Waals surface area contributed by atoms with Gasteiger partial charge in [-0.1, -0.05) is 23.7 Å². The van der Waals surface area contributed by atoms with E-state index in [-0.39, 0.29) is 0 Å². The van der Waals surface area contributed by atoms with E-state index < -0.39 is 5.69 Å². The first-order chi connectivity index (χ1) is 8.66. The normalized spacial score (nSPS) is 11.0. The average molecular weight is 261 g/mol. The number of benzene rings is 1. The van der Waals surface area contributed by atoms with Crippen molar-refractivity contribution in [2.75, 3.05) is 0 Å². The minimum atomic E-state index is -0.418. The standard InChI is InChI=1S/C13H9ClN2O2/c1-7-3-2-4-8(14)10(7)11-12-9(5-6-18-12)15-13(17)16-11/h2-6H,1H3,(H,15,16,17). The summed E-state index contributed by atoms with van der Waals surface area (Å²) in [6.07, 6.45) is 1.51. The number of furan rings is 1. The molecule has 0 atom stereocenters. The van der Waals surface area contributed by atoms with E-state index in [9.17, 15) is 4.79 Å². The number of hydrogen-bond acceptors (Lipinski definition) is 3. The van der Waals surface area contributed by atoms with Crippen LogP contribution in [0.5, 0.6) is 0 Å². The molecule has 0 amide bonds. The Labute approximate surface area is 107 Å². The zero-order valence-electron chi connectivity index (χ0n) is 9.53. The molecule has 0 saturated carbocycles. The number of aromatic amines is 1. The van der Waals surface area contributed by atoms with E-state index in [1.165, 1.54) is 6.26 Å². The summed E-state index contributed by atoms with van der Waals surface area (Å²) in [5, 5.41) is 0.547. The molecule has 0 bridgehead atoms.